The molecule has 0 N–H and O–H groups in total. The van der Waals surface area contributed by atoms with Crippen molar-refractivity contribution in [3.8, 4) is 11.4 Å². The predicted octanol–water partition coefficient (Wildman–Crippen LogP) is 3.29. The van der Waals surface area contributed by atoms with Gasteiger partial charge in [-0.2, -0.15) is 9.61 Å². The number of nitrogens with zero attached hydrogens (tertiary/aromatic N) is 4. The van der Waals surface area contributed by atoms with Gasteiger partial charge in [-0.25, -0.2) is 0 Å². The van der Waals surface area contributed by atoms with Crippen LogP contribution in [0.5, 0.6) is 0 Å². The van der Waals surface area contributed by atoms with Crippen LogP contribution >= 0.6 is 11.8 Å². The van der Waals surface area contributed by atoms with Crippen LogP contribution in [0.15, 0.2) is 47.5 Å². The molecule has 96 valence electrons. The van der Waals surface area contributed by atoms with Crippen molar-refractivity contribution in [2.75, 3.05) is 0 Å². The van der Waals surface area contributed by atoms with E-state index in [0.29, 0.717) is 5.25 Å². The van der Waals surface area contributed by atoms with Gasteiger partial charge in [0.1, 0.15) is 5.03 Å². The number of fused-ring (bicyclic) bond motifs is 1. The Morgan fingerprint density at radius 3 is 2.53 bits per heavy atom. The molecular formula is C14H14N4S. The lowest BCUT2D eigenvalue weighted by atomic mass is 10.2. The molecule has 1 aromatic carbocycles. The van der Waals surface area contributed by atoms with Crippen LogP contribution in [-0.4, -0.2) is 25.1 Å². The molecule has 0 spiro atoms. The Morgan fingerprint density at radius 1 is 1.00 bits per heavy atom. The first-order valence-electron chi connectivity index (χ1n) is 6.18. The maximum Gasteiger partial charge on any atom is 0.185 e. The predicted molar refractivity (Wildman–Crippen MR) is 77.2 cm³/mol. The van der Waals surface area contributed by atoms with E-state index in [4.69, 9.17) is 0 Å². The molecule has 0 saturated heterocycles. The van der Waals surface area contributed by atoms with Gasteiger partial charge in [0.25, 0.3) is 0 Å². The zero-order chi connectivity index (χ0) is 13.2. The Labute approximate surface area is 115 Å². The highest BCUT2D eigenvalue weighted by Gasteiger charge is 2.10. The normalized spacial score (nSPS) is 11.3. The quantitative estimate of drug-likeness (QED) is 0.685. The van der Waals surface area contributed by atoms with Crippen molar-refractivity contribution in [2.24, 2.45) is 0 Å². The lowest BCUT2D eigenvalue weighted by molar-refractivity contribution is 0.857. The fourth-order valence-electron chi connectivity index (χ4n) is 1.84. The van der Waals surface area contributed by atoms with Crippen molar-refractivity contribution in [1.82, 2.24) is 19.8 Å². The summed E-state index contributed by atoms with van der Waals surface area (Å²) in [7, 11) is 0. The van der Waals surface area contributed by atoms with Crippen LogP contribution in [0.2, 0.25) is 0 Å². The number of aromatic nitrogens is 4. The first-order chi connectivity index (χ1) is 9.24. The largest absolute Gasteiger partial charge is 0.192 e. The zero-order valence-electron chi connectivity index (χ0n) is 10.8. The van der Waals surface area contributed by atoms with E-state index >= 15 is 0 Å². The van der Waals surface area contributed by atoms with Crippen molar-refractivity contribution < 1.29 is 0 Å². The number of hydrogen-bond acceptors (Lipinski definition) is 4. The first-order valence-corrected chi connectivity index (χ1v) is 7.06. The number of hydrogen-bond donors (Lipinski definition) is 0. The minimum absolute atomic E-state index is 0.501. The third-order valence-corrected chi connectivity index (χ3v) is 3.56. The molecule has 3 aromatic rings. The van der Waals surface area contributed by atoms with E-state index in [2.05, 4.69) is 29.1 Å². The molecule has 3 rings (SSSR count). The molecule has 0 aliphatic heterocycles. The summed E-state index contributed by atoms with van der Waals surface area (Å²) in [5.74, 6) is 0.779. The van der Waals surface area contributed by atoms with Crippen LogP contribution in [0.25, 0.3) is 17.0 Å². The maximum atomic E-state index is 4.61. The smallest absolute Gasteiger partial charge is 0.185 e. The molecule has 0 atom stereocenters. The van der Waals surface area contributed by atoms with Crippen LogP contribution in [0, 0.1) is 0 Å². The van der Waals surface area contributed by atoms with Gasteiger partial charge in [0.15, 0.2) is 11.5 Å². The van der Waals surface area contributed by atoms with Gasteiger partial charge in [-0.15, -0.1) is 22.0 Å². The van der Waals surface area contributed by atoms with E-state index in [9.17, 15) is 0 Å². The molecule has 0 amide bonds. The van der Waals surface area contributed by atoms with Gasteiger partial charge >= 0.3 is 0 Å². The summed E-state index contributed by atoms with van der Waals surface area (Å²) in [6.45, 7) is 4.31. The van der Waals surface area contributed by atoms with Crippen molar-refractivity contribution in [3.63, 3.8) is 0 Å². The van der Waals surface area contributed by atoms with Gasteiger partial charge in [0.2, 0.25) is 0 Å². The van der Waals surface area contributed by atoms with E-state index in [1.54, 1.807) is 16.3 Å². The van der Waals surface area contributed by atoms with E-state index in [1.165, 1.54) is 0 Å². The van der Waals surface area contributed by atoms with Gasteiger partial charge in [0, 0.05) is 10.8 Å². The van der Waals surface area contributed by atoms with Crippen LogP contribution in [0.4, 0.5) is 0 Å². The number of thioether (sulfide) groups is 1. The molecule has 0 bridgehead atoms. The second-order valence-corrected chi connectivity index (χ2v) is 6.09. The van der Waals surface area contributed by atoms with Gasteiger partial charge < -0.3 is 0 Å². The minimum Gasteiger partial charge on any atom is -0.192 e. The lowest BCUT2D eigenvalue weighted by Crippen LogP contribution is -1.98. The Kier molecular flexibility index (Phi) is 3.21. The van der Waals surface area contributed by atoms with Gasteiger partial charge in [0.05, 0.1) is 0 Å². The standard InChI is InChI=1S/C14H14N4S/c1-10(2)19-13-9-8-12-15-16-14(18(12)17-13)11-6-4-3-5-7-11/h3-10H,1-2H3. The molecule has 0 aliphatic carbocycles. The maximum absolute atomic E-state index is 4.61. The summed E-state index contributed by atoms with van der Waals surface area (Å²) in [6, 6.07) is 13.9. The van der Waals surface area contributed by atoms with E-state index in [-0.39, 0.29) is 0 Å². The highest BCUT2D eigenvalue weighted by Crippen LogP contribution is 2.22. The van der Waals surface area contributed by atoms with Crippen LogP contribution in [-0.2, 0) is 0 Å². The zero-order valence-corrected chi connectivity index (χ0v) is 11.6. The van der Waals surface area contributed by atoms with E-state index < -0.39 is 0 Å². The summed E-state index contributed by atoms with van der Waals surface area (Å²) < 4.78 is 1.81. The van der Waals surface area contributed by atoms with Gasteiger partial charge in [-0.1, -0.05) is 44.2 Å². The Hall–Kier alpha value is -1.88. The second-order valence-electron chi connectivity index (χ2n) is 4.50. The summed E-state index contributed by atoms with van der Waals surface area (Å²) in [4.78, 5) is 0. The molecule has 0 fully saturated rings. The number of rotatable bonds is 3. The summed E-state index contributed by atoms with van der Waals surface area (Å²) in [6.07, 6.45) is 0. The molecule has 2 heterocycles. The monoisotopic (exact) mass is 270 g/mol. The molecule has 0 aliphatic rings. The number of benzene rings is 1. The average Bonchev–Trinajstić information content (AvgIpc) is 2.82. The molecule has 4 nitrogen and oxygen atoms in total. The second kappa shape index (κ2) is 5.01. The lowest BCUT2D eigenvalue weighted by Gasteiger charge is -2.04. The molecule has 0 saturated carbocycles. The molecule has 5 heteroatoms. The highest BCUT2D eigenvalue weighted by molar-refractivity contribution is 7.99. The molecule has 2 aromatic heterocycles. The summed E-state index contributed by atoms with van der Waals surface area (Å²) in [5, 5.41) is 14.5. The minimum atomic E-state index is 0.501. The highest BCUT2D eigenvalue weighted by atomic mass is 32.2. The van der Waals surface area contributed by atoms with Gasteiger partial charge in [-0.05, 0) is 12.1 Å². The fraction of sp³-hybridized carbons (Fsp3) is 0.214. The molecular weight excluding hydrogens is 256 g/mol. The van der Waals surface area contributed by atoms with Crippen molar-refractivity contribution in [2.45, 2.75) is 24.1 Å². The Morgan fingerprint density at radius 2 is 1.79 bits per heavy atom. The Balaban J connectivity index is 2.11. The van der Waals surface area contributed by atoms with E-state index in [1.807, 2.05) is 42.5 Å². The van der Waals surface area contributed by atoms with Crippen molar-refractivity contribution >= 4 is 17.4 Å². The fourth-order valence-corrected chi connectivity index (χ4v) is 2.60. The summed E-state index contributed by atoms with van der Waals surface area (Å²) >= 11 is 1.73. The Bertz CT molecular complexity index is 691. The topological polar surface area (TPSA) is 43.1 Å². The van der Waals surface area contributed by atoms with Crippen LogP contribution in [0.3, 0.4) is 0 Å². The third-order valence-electron chi connectivity index (χ3n) is 2.63. The molecule has 19 heavy (non-hydrogen) atoms. The third kappa shape index (κ3) is 2.46. The van der Waals surface area contributed by atoms with Crippen molar-refractivity contribution in [3.05, 3.63) is 42.5 Å². The molecule has 0 radical (unpaired) electrons. The van der Waals surface area contributed by atoms with Crippen molar-refractivity contribution in [1.29, 1.82) is 0 Å². The first kappa shape index (κ1) is 12.2. The molecule has 0 unspecified atom stereocenters. The van der Waals surface area contributed by atoms with E-state index in [0.717, 1.165) is 22.1 Å². The van der Waals surface area contributed by atoms with Crippen LogP contribution < -0.4 is 0 Å². The van der Waals surface area contributed by atoms with Gasteiger partial charge in [-0.3, -0.25) is 0 Å². The average molecular weight is 270 g/mol. The van der Waals surface area contributed by atoms with Crippen LogP contribution in [0.1, 0.15) is 13.8 Å². The SMILES string of the molecule is CC(C)Sc1ccc2nnc(-c3ccccc3)n2n1. The summed E-state index contributed by atoms with van der Waals surface area (Å²) in [5.41, 5.74) is 1.79.